The molecule has 0 aliphatic carbocycles. The zero-order chi connectivity index (χ0) is 18.4. The van der Waals surface area contributed by atoms with Crippen molar-refractivity contribution >= 4 is 23.7 Å². The van der Waals surface area contributed by atoms with Gasteiger partial charge in [0.05, 0.1) is 36.9 Å². The monoisotopic (exact) mass is 362 g/mol. The molecule has 2 aromatic rings. The van der Waals surface area contributed by atoms with Crippen LogP contribution in [0.4, 0.5) is 0 Å². The van der Waals surface area contributed by atoms with Crippen molar-refractivity contribution in [3.63, 3.8) is 0 Å². The Kier molecular flexibility index (Phi) is 6.30. The van der Waals surface area contributed by atoms with E-state index in [0.717, 1.165) is 11.8 Å². The minimum atomic E-state index is -0.385. The van der Waals surface area contributed by atoms with Crippen molar-refractivity contribution in [3.05, 3.63) is 47.5 Å². The van der Waals surface area contributed by atoms with E-state index in [1.54, 1.807) is 24.3 Å². The molecule has 132 valence electrons. The molecule has 2 N–H and O–H groups in total. The number of hydrogen-bond acceptors (Lipinski definition) is 7. The average molecular weight is 362 g/mol. The van der Waals surface area contributed by atoms with Crippen LogP contribution in [0, 0.1) is 0 Å². The molecule has 25 heavy (non-hydrogen) atoms. The summed E-state index contributed by atoms with van der Waals surface area (Å²) < 4.78 is 9.27. The lowest BCUT2D eigenvalue weighted by Gasteiger charge is -2.10. The van der Waals surface area contributed by atoms with E-state index in [0.29, 0.717) is 20.9 Å². The second kappa shape index (κ2) is 8.43. The Hall–Kier alpha value is -2.67. The van der Waals surface area contributed by atoms with Gasteiger partial charge in [-0.25, -0.2) is 0 Å². The van der Waals surface area contributed by atoms with Gasteiger partial charge in [-0.05, 0) is 35.4 Å². The lowest BCUT2D eigenvalue weighted by molar-refractivity contribution is -0.140. The largest absolute Gasteiger partial charge is 0.507 e. The van der Waals surface area contributed by atoms with Gasteiger partial charge < -0.3 is 19.7 Å². The summed E-state index contributed by atoms with van der Waals surface area (Å²) in [6, 6.07) is 9.53. The van der Waals surface area contributed by atoms with Gasteiger partial charge in [0.2, 0.25) is 0 Å². The summed E-state index contributed by atoms with van der Waals surface area (Å²) in [7, 11) is 2.62. The maximum absolute atomic E-state index is 11.4. The van der Waals surface area contributed by atoms with Crippen LogP contribution in [0.2, 0.25) is 0 Å². The van der Waals surface area contributed by atoms with E-state index in [4.69, 9.17) is 0 Å². The zero-order valence-corrected chi connectivity index (χ0v) is 14.6. The van der Waals surface area contributed by atoms with Crippen LogP contribution >= 0.6 is 11.8 Å². The first-order valence-electron chi connectivity index (χ1n) is 7.38. The summed E-state index contributed by atoms with van der Waals surface area (Å²) in [6.45, 7) is 0. The number of methoxy groups -OCH3 is 2. The summed E-state index contributed by atoms with van der Waals surface area (Å²) in [5.74, 6) is -0.720. The molecule has 2 aromatic carbocycles. The van der Waals surface area contributed by atoms with Crippen LogP contribution in [-0.4, -0.2) is 36.4 Å². The highest BCUT2D eigenvalue weighted by Crippen LogP contribution is 2.39. The fourth-order valence-corrected chi connectivity index (χ4v) is 3.10. The minimum Gasteiger partial charge on any atom is -0.507 e. The number of carbonyl (C=O) groups excluding carboxylic acids is 2. The molecule has 7 heteroatoms. The van der Waals surface area contributed by atoms with Gasteiger partial charge in [-0.1, -0.05) is 23.9 Å². The summed E-state index contributed by atoms with van der Waals surface area (Å²) >= 11 is 1.13. The Labute approximate surface area is 149 Å². The fraction of sp³-hybridized carbons (Fsp3) is 0.222. The van der Waals surface area contributed by atoms with E-state index in [-0.39, 0.29) is 36.3 Å². The maximum Gasteiger partial charge on any atom is 0.309 e. The van der Waals surface area contributed by atoms with Crippen LogP contribution in [0.5, 0.6) is 11.5 Å². The van der Waals surface area contributed by atoms with E-state index in [9.17, 15) is 19.8 Å². The number of benzene rings is 2. The van der Waals surface area contributed by atoms with E-state index in [2.05, 4.69) is 9.47 Å². The van der Waals surface area contributed by atoms with Crippen LogP contribution in [-0.2, 0) is 31.9 Å². The molecule has 0 amide bonds. The topological polar surface area (TPSA) is 93.1 Å². The highest BCUT2D eigenvalue weighted by Gasteiger charge is 2.12. The molecule has 0 spiro atoms. The van der Waals surface area contributed by atoms with Crippen molar-refractivity contribution in [1.29, 1.82) is 0 Å². The number of phenolic OH excluding ortho intramolecular Hbond substituents is 2. The van der Waals surface area contributed by atoms with Gasteiger partial charge in [0, 0.05) is 0 Å². The van der Waals surface area contributed by atoms with Crippen molar-refractivity contribution in [3.8, 4) is 11.5 Å². The summed E-state index contributed by atoms with van der Waals surface area (Å²) in [5.41, 5.74) is 1.36. The summed E-state index contributed by atoms with van der Waals surface area (Å²) in [5, 5.41) is 20.1. The van der Waals surface area contributed by atoms with Gasteiger partial charge in [0.1, 0.15) is 11.5 Å². The fourth-order valence-electron chi connectivity index (χ4n) is 2.10. The second-order valence-corrected chi connectivity index (χ2v) is 6.30. The van der Waals surface area contributed by atoms with Gasteiger partial charge in [-0.3, -0.25) is 9.59 Å². The lowest BCUT2D eigenvalue weighted by Crippen LogP contribution is -2.04. The quantitative estimate of drug-likeness (QED) is 0.763. The number of esters is 2. The molecule has 0 saturated carbocycles. The van der Waals surface area contributed by atoms with E-state index >= 15 is 0 Å². The third-order valence-corrected chi connectivity index (χ3v) is 4.51. The van der Waals surface area contributed by atoms with Gasteiger partial charge >= 0.3 is 11.9 Å². The molecule has 0 radical (unpaired) electrons. The average Bonchev–Trinajstić information content (AvgIpc) is 2.60. The number of rotatable bonds is 6. The Morgan fingerprint density at radius 2 is 1.24 bits per heavy atom. The second-order valence-electron chi connectivity index (χ2n) is 5.21. The molecule has 0 unspecified atom stereocenters. The first kappa shape index (κ1) is 18.7. The van der Waals surface area contributed by atoms with E-state index < -0.39 is 0 Å². The molecule has 6 nitrogen and oxygen atoms in total. The van der Waals surface area contributed by atoms with Crippen molar-refractivity contribution in [2.24, 2.45) is 0 Å². The normalized spacial score (nSPS) is 10.3. The molecular formula is C18H18O6S. The number of hydrogen-bond donors (Lipinski definition) is 2. The first-order valence-corrected chi connectivity index (χ1v) is 8.20. The molecular weight excluding hydrogens is 344 g/mol. The molecule has 2 rings (SSSR count). The first-order chi connectivity index (χ1) is 11.9. The Balaban J connectivity index is 2.26. The predicted octanol–water partition coefficient (Wildman–Crippen LogP) is 2.68. The Morgan fingerprint density at radius 3 is 1.60 bits per heavy atom. The molecule has 0 aliphatic rings. The number of carbonyl (C=O) groups is 2. The number of phenols is 2. The molecule has 0 saturated heterocycles. The number of aromatic hydroxyl groups is 2. The third-order valence-electron chi connectivity index (χ3n) is 3.42. The SMILES string of the molecule is COC(=O)Cc1ccc(O)c(Sc2cc(CC(=O)OC)ccc2O)c1. The van der Waals surface area contributed by atoms with Gasteiger partial charge in [-0.2, -0.15) is 0 Å². The van der Waals surface area contributed by atoms with Crippen LogP contribution < -0.4 is 0 Å². The van der Waals surface area contributed by atoms with E-state index in [1.165, 1.54) is 26.4 Å². The number of ether oxygens (including phenoxy) is 2. The van der Waals surface area contributed by atoms with Crippen molar-refractivity contribution in [2.75, 3.05) is 14.2 Å². The summed E-state index contributed by atoms with van der Waals surface area (Å²) in [6.07, 6.45) is 0.164. The van der Waals surface area contributed by atoms with Crippen LogP contribution in [0.3, 0.4) is 0 Å². The molecule has 0 fully saturated rings. The van der Waals surface area contributed by atoms with Crippen molar-refractivity contribution < 1.29 is 29.3 Å². The van der Waals surface area contributed by atoms with E-state index in [1.807, 2.05) is 0 Å². The van der Waals surface area contributed by atoms with Crippen molar-refractivity contribution in [1.82, 2.24) is 0 Å². The highest BCUT2D eigenvalue weighted by atomic mass is 32.2. The Bertz CT molecular complexity index is 722. The molecule has 0 aliphatic heterocycles. The van der Waals surface area contributed by atoms with Gasteiger partial charge in [0.15, 0.2) is 0 Å². The molecule has 0 heterocycles. The third kappa shape index (κ3) is 5.15. The lowest BCUT2D eigenvalue weighted by atomic mass is 10.1. The van der Waals surface area contributed by atoms with Crippen LogP contribution in [0.1, 0.15) is 11.1 Å². The van der Waals surface area contributed by atoms with Crippen LogP contribution in [0.25, 0.3) is 0 Å². The maximum atomic E-state index is 11.4. The molecule has 0 bridgehead atoms. The van der Waals surface area contributed by atoms with Gasteiger partial charge in [0.25, 0.3) is 0 Å². The smallest absolute Gasteiger partial charge is 0.309 e. The molecule has 0 aromatic heterocycles. The van der Waals surface area contributed by atoms with Crippen molar-refractivity contribution in [2.45, 2.75) is 22.6 Å². The standard InChI is InChI=1S/C18H18O6S/c1-23-17(21)9-11-3-5-13(19)15(7-11)25-16-8-12(4-6-14(16)20)10-18(22)24-2/h3-8,19-20H,9-10H2,1-2H3. The predicted molar refractivity (Wildman–Crippen MR) is 91.8 cm³/mol. The van der Waals surface area contributed by atoms with Crippen LogP contribution in [0.15, 0.2) is 46.2 Å². The highest BCUT2D eigenvalue weighted by molar-refractivity contribution is 7.99. The Morgan fingerprint density at radius 1 is 0.840 bits per heavy atom. The molecule has 0 atom stereocenters. The zero-order valence-electron chi connectivity index (χ0n) is 13.8. The minimum absolute atomic E-state index is 0.0244. The summed E-state index contributed by atoms with van der Waals surface area (Å²) in [4.78, 5) is 23.7. The van der Waals surface area contributed by atoms with Gasteiger partial charge in [-0.15, -0.1) is 0 Å².